The van der Waals surface area contributed by atoms with Crippen LogP contribution >= 0.6 is 15.9 Å². The Morgan fingerprint density at radius 3 is 2.75 bits per heavy atom. The molecule has 0 saturated heterocycles. The van der Waals surface area contributed by atoms with Crippen molar-refractivity contribution in [3.63, 3.8) is 0 Å². The number of halogens is 3. The van der Waals surface area contributed by atoms with E-state index >= 15 is 0 Å². The van der Waals surface area contributed by atoms with E-state index in [1.165, 1.54) is 12.3 Å². The molecule has 1 rings (SSSR count). The molecule has 0 aliphatic rings. The third kappa shape index (κ3) is 1.89. The van der Waals surface area contributed by atoms with Crippen LogP contribution in [0, 0.1) is 0 Å². The summed E-state index contributed by atoms with van der Waals surface area (Å²) in [6.07, 6.45) is -1.19. The molecule has 0 aromatic carbocycles. The summed E-state index contributed by atoms with van der Waals surface area (Å²) in [5, 5.41) is 0. The van der Waals surface area contributed by atoms with Crippen LogP contribution in [0.2, 0.25) is 0 Å². The van der Waals surface area contributed by atoms with Gasteiger partial charge in [0.05, 0.1) is 5.56 Å². The summed E-state index contributed by atoms with van der Waals surface area (Å²) >= 11 is 3.03. The molecule has 1 aromatic rings. The molecule has 0 bridgehead atoms. The number of rotatable bonds is 2. The molecule has 0 unspecified atom stereocenters. The van der Waals surface area contributed by atoms with E-state index in [0.29, 0.717) is 4.47 Å². The van der Waals surface area contributed by atoms with E-state index in [9.17, 15) is 8.78 Å². The standard InChI is InChI=1S/C6H6BrF2N3/c7-3-1-4(5(8)9)6(12-10)11-2-3/h1-2,5H,10H2,(H,11,12). The molecular weight excluding hydrogens is 232 g/mol. The fourth-order valence-corrected chi connectivity index (χ4v) is 1.09. The van der Waals surface area contributed by atoms with Gasteiger partial charge < -0.3 is 5.43 Å². The number of hydrogen-bond donors (Lipinski definition) is 2. The van der Waals surface area contributed by atoms with Gasteiger partial charge in [-0.15, -0.1) is 0 Å². The van der Waals surface area contributed by atoms with Gasteiger partial charge in [0.25, 0.3) is 6.43 Å². The topological polar surface area (TPSA) is 50.9 Å². The molecule has 0 radical (unpaired) electrons. The maximum absolute atomic E-state index is 12.2. The van der Waals surface area contributed by atoms with Crippen LogP contribution in [0.3, 0.4) is 0 Å². The lowest BCUT2D eigenvalue weighted by Crippen LogP contribution is -2.11. The summed E-state index contributed by atoms with van der Waals surface area (Å²) < 4.78 is 25.0. The Bertz CT molecular complexity index is 279. The molecule has 6 heteroatoms. The lowest BCUT2D eigenvalue weighted by molar-refractivity contribution is 0.151. The van der Waals surface area contributed by atoms with Crippen LogP contribution in [0.15, 0.2) is 16.7 Å². The molecule has 3 nitrogen and oxygen atoms in total. The van der Waals surface area contributed by atoms with Gasteiger partial charge in [-0.25, -0.2) is 19.6 Å². The van der Waals surface area contributed by atoms with Crippen molar-refractivity contribution in [3.05, 3.63) is 22.3 Å². The van der Waals surface area contributed by atoms with E-state index in [2.05, 4.69) is 26.3 Å². The summed E-state index contributed by atoms with van der Waals surface area (Å²) in [4.78, 5) is 3.65. The molecule has 1 aromatic heterocycles. The Morgan fingerprint density at radius 2 is 2.25 bits per heavy atom. The molecule has 0 amide bonds. The van der Waals surface area contributed by atoms with Crippen LogP contribution in [-0.2, 0) is 0 Å². The second-order valence-electron chi connectivity index (χ2n) is 2.04. The van der Waals surface area contributed by atoms with Crippen molar-refractivity contribution in [1.82, 2.24) is 4.98 Å². The van der Waals surface area contributed by atoms with E-state index in [-0.39, 0.29) is 11.4 Å². The molecule has 0 aliphatic heterocycles. The van der Waals surface area contributed by atoms with E-state index in [1.807, 2.05) is 0 Å². The molecule has 0 atom stereocenters. The largest absolute Gasteiger partial charge is 0.308 e. The predicted molar refractivity (Wildman–Crippen MR) is 44.7 cm³/mol. The van der Waals surface area contributed by atoms with E-state index in [1.54, 1.807) is 0 Å². The summed E-state index contributed by atoms with van der Waals surface area (Å²) in [5.74, 6) is 4.97. The summed E-state index contributed by atoms with van der Waals surface area (Å²) in [5.41, 5.74) is 1.88. The zero-order valence-electron chi connectivity index (χ0n) is 5.89. The SMILES string of the molecule is NNc1ncc(Br)cc1C(F)F. The highest BCUT2D eigenvalue weighted by Gasteiger charge is 2.13. The second-order valence-corrected chi connectivity index (χ2v) is 2.95. The number of anilines is 1. The number of alkyl halides is 2. The fourth-order valence-electron chi connectivity index (χ4n) is 0.742. The summed E-state index contributed by atoms with van der Waals surface area (Å²) in [7, 11) is 0. The number of nitrogen functional groups attached to an aromatic ring is 1. The van der Waals surface area contributed by atoms with E-state index in [0.717, 1.165) is 0 Å². The first kappa shape index (κ1) is 9.34. The fraction of sp³-hybridized carbons (Fsp3) is 0.167. The number of hydrazine groups is 1. The van der Waals surface area contributed by atoms with Crippen molar-refractivity contribution in [3.8, 4) is 0 Å². The number of nitrogens with two attached hydrogens (primary N) is 1. The minimum Gasteiger partial charge on any atom is -0.308 e. The highest BCUT2D eigenvalue weighted by Crippen LogP contribution is 2.26. The monoisotopic (exact) mass is 237 g/mol. The second kappa shape index (κ2) is 3.77. The third-order valence-corrected chi connectivity index (χ3v) is 1.69. The van der Waals surface area contributed by atoms with Gasteiger partial charge in [-0.3, -0.25) is 0 Å². The Morgan fingerprint density at radius 1 is 1.58 bits per heavy atom. The van der Waals surface area contributed by atoms with Crippen molar-refractivity contribution in [1.29, 1.82) is 0 Å². The van der Waals surface area contributed by atoms with Crippen LogP contribution in [-0.4, -0.2) is 4.98 Å². The average molecular weight is 238 g/mol. The Hall–Kier alpha value is -0.750. The molecule has 1 heterocycles. The molecule has 0 saturated carbocycles. The molecular formula is C6H6BrF2N3. The van der Waals surface area contributed by atoms with Crippen molar-refractivity contribution < 1.29 is 8.78 Å². The van der Waals surface area contributed by atoms with Crippen molar-refractivity contribution in [2.24, 2.45) is 5.84 Å². The average Bonchev–Trinajstić information content (AvgIpc) is 2.04. The number of hydrogen-bond acceptors (Lipinski definition) is 3. The van der Waals surface area contributed by atoms with Crippen LogP contribution in [0.5, 0.6) is 0 Å². The Labute approximate surface area is 76.1 Å². The van der Waals surface area contributed by atoms with Crippen molar-refractivity contribution >= 4 is 21.7 Å². The number of nitrogens with zero attached hydrogens (tertiary/aromatic N) is 1. The number of pyridine rings is 1. The lowest BCUT2D eigenvalue weighted by atomic mass is 10.3. The van der Waals surface area contributed by atoms with Crippen LogP contribution in [0.25, 0.3) is 0 Å². The van der Waals surface area contributed by atoms with Gasteiger partial charge in [-0.2, -0.15) is 0 Å². The van der Waals surface area contributed by atoms with Crippen LogP contribution < -0.4 is 11.3 Å². The van der Waals surface area contributed by atoms with Gasteiger partial charge in [-0.1, -0.05) is 0 Å². The minimum absolute atomic E-state index is 0.00630. The molecule has 0 spiro atoms. The van der Waals surface area contributed by atoms with Gasteiger partial charge in [-0.05, 0) is 22.0 Å². The van der Waals surface area contributed by atoms with Gasteiger partial charge in [0.1, 0.15) is 5.82 Å². The van der Waals surface area contributed by atoms with Crippen molar-refractivity contribution in [2.45, 2.75) is 6.43 Å². The van der Waals surface area contributed by atoms with Gasteiger partial charge in [0.2, 0.25) is 0 Å². The smallest absolute Gasteiger partial charge is 0.267 e. The molecule has 3 N–H and O–H groups in total. The quantitative estimate of drug-likeness (QED) is 0.612. The Kier molecular flexibility index (Phi) is 2.93. The molecule has 0 aliphatic carbocycles. The number of nitrogens with one attached hydrogen (secondary N) is 1. The first-order valence-corrected chi connectivity index (χ1v) is 3.84. The first-order valence-electron chi connectivity index (χ1n) is 3.05. The normalized spacial score (nSPS) is 10.4. The zero-order chi connectivity index (χ0) is 9.14. The Balaban J connectivity index is 3.12. The lowest BCUT2D eigenvalue weighted by Gasteiger charge is -2.06. The van der Waals surface area contributed by atoms with Crippen LogP contribution in [0.4, 0.5) is 14.6 Å². The van der Waals surface area contributed by atoms with Crippen LogP contribution in [0.1, 0.15) is 12.0 Å². The minimum atomic E-state index is -2.58. The van der Waals surface area contributed by atoms with Crippen molar-refractivity contribution in [2.75, 3.05) is 5.43 Å². The molecule has 12 heavy (non-hydrogen) atoms. The van der Waals surface area contributed by atoms with Gasteiger partial charge in [0.15, 0.2) is 0 Å². The summed E-state index contributed by atoms with van der Waals surface area (Å²) in [6, 6.07) is 1.27. The zero-order valence-corrected chi connectivity index (χ0v) is 7.48. The van der Waals surface area contributed by atoms with E-state index in [4.69, 9.17) is 5.84 Å². The highest BCUT2D eigenvalue weighted by atomic mass is 79.9. The van der Waals surface area contributed by atoms with E-state index < -0.39 is 6.43 Å². The number of aromatic nitrogens is 1. The summed E-state index contributed by atoms with van der Waals surface area (Å²) in [6.45, 7) is 0. The third-order valence-electron chi connectivity index (χ3n) is 1.26. The maximum Gasteiger partial charge on any atom is 0.267 e. The molecule has 66 valence electrons. The van der Waals surface area contributed by atoms with Gasteiger partial charge in [0, 0.05) is 10.7 Å². The maximum atomic E-state index is 12.2. The molecule has 0 fully saturated rings. The predicted octanol–water partition coefficient (Wildman–Crippen LogP) is 2.07. The van der Waals surface area contributed by atoms with Gasteiger partial charge >= 0.3 is 0 Å². The highest BCUT2D eigenvalue weighted by molar-refractivity contribution is 9.10. The first-order chi connectivity index (χ1) is 5.65.